The Bertz CT molecular complexity index is 621. The predicted octanol–water partition coefficient (Wildman–Crippen LogP) is 3.13. The van der Waals surface area contributed by atoms with Gasteiger partial charge in [-0.2, -0.15) is 0 Å². The minimum atomic E-state index is 0.316. The molecule has 0 saturated heterocycles. The molecule has 3 nitrogen and oxygen atoms in total. The van der Waals surface area contributed by atoms with Crippen molar-refractivity contribution < 1.29 is 14.2 Å². The van der Waals surface area contributed by atoms with Crippen molar-refractivity contribution in [3.8, 4) is 17.2 Å². The third-order valence-corrected chi connectivity index (χ3v) is 3.75. The van der Waals surface area contributed by atoms with E-state index < -0.39 is 0 Å². The maximum Gasteiger partial charge on any atom is 0.231 e. The number of hydrogen-bond donors (Lipinski definition) is 0. The lowest BCUT2D eigenvalue weighted by molar-refractivity contribution is 0.172. The van der Waals surface area contributed by atoms with Crippen LogP contribution < -0.4 is 14.2 Å². The molecule has 0 amide bonds. The minimum Gasteiger partial charge on any atom is -0.493 e. The molecule has 2 aromatic rings. The van der Waals surface area contributed by atoms with Crippen molar-refractivity contribution in [1.82, 2.24) is 0 Å². The molecular weight excluding hydrogens is 240 g/mol. The van der Waals surface area contributed by atoms with Gasteiger partial charge < -0.3 is 14.2 Å². The van der Waals surface area contributed by atoms with Gasteiger partial charge in [0.15, 0.2) is 11.5 Å². The average Bonchev–Trinajstić information content (AvgIpc) is 2.95. The van der Waals surface area contributed by atoms with Crippen LogP contribution >= 0.6 is 0 Å². The monoisotopic (exact) mass is 254 g/mol. The molecule has 2 aromatic carbocycles. The molecule has 0 saturated carbocycles. The van der Waals surface area contributed by atoms with E-state index in [0.29, 0.717) is 19.3 Å². The van der Waals surface area contributed by atoms with E-state index in [-0.39, 0.29) is 0 Å². The molecule has 0 aliphatic carbocycles. The van der Waals surface area contributed by atoms with Gasteiger partial charge in [0.2, 0.25) is 6.79 Å². The number of hydrogen-bond acceptors (Lipinski definition) is 3. The topological polar surface area (TPSA) is 27.7 Å². The van der Waals surface area contributed by atoms with Crippen LogP contribution in [0, 0.1) is 0 Å². The second-order valence-electron chi connectivity index (χ2n) is 4.90. The van der Waals surface area contributed by atoms with Crippen LogP contribution in [0.15, 0.2) is 42.5 Å². The fraction of sp³-hybridized carbons (Fsp3) is 0.250. The van der Waals surface area contributed by atoms with Gasteiger partial charge in [0.05, 0.1) is 6.61 Å². The summed E-state index contributed by atoms with van der Waals surface area (Å²) < 4.78 is 16.9. The maximum atomic E-state index is 5.85. The van der Waals surface area contributed by atoms with Crippen LogP contribution in [-0.2, 0) is 6.42 Å². The van der Waals surface area contributed by atoms with E-state index in [1.165, 1.54) is 11.1 Å². The van der Waals surface area contributed by atoms with Crippen LogP contribution in [0.2, 0.25) is 0 Å². The van der Waals surface area contributed by atoms with Crippen molar-refractivity contribution >= 4 is 0 Å². The number of para-hydroxylation sites is 2. The fourth-order valence-corrected chi connectivity index (χ4v) is 2.80. The molecule has 0 radical (unpaired) electrons. The second kappa shape index (κ2) is 4.19. The number of benzene rings is 2. The van der Waals surface area contributed by atoms with E-state index in [1.807, 2.05) is 24.3 Å². The smallest absolute Gasteiger partial charge is 0.231 e. The standard InChI is InChI=1S/C16H14O3/c1-2-6-14-11(4-1)8-12(9-17-14)13-5-3-7-15-16(13)19-10-18-15/h1-7,12H,8-10H2. The summed E-state index contributed by atoms with van der Waals surface area (Å²) in [5, 5.41) is 0. The summed E-state index contributed by atoms with van der Waals surface area (Å²) in [6, 6.07) is 14.3. The highest BCUT2D eigenvalue weighted by Gasteiger charge is 2.27. The van der Waals surface area contributed by atoms with Gasteiger partial charge in [0, 0.05) is 11.5 Å². The Morgan fingerprint density at radius 2 is 1.74 bits per heavy atom. The van der Waals surface area contributed by atoms with E-state index in [1.54, 1.807) is 0 Å². The third kappa shape index (κ3) is 1.73. The fourth-order valence-electron chi connectivity index (χ4n) is 2.80. The molecule has 96 valence electrons. The zero-order valence-electron chi connectivity index (χ0n) is 10.5. The lowest BCUT2D eigenvalue weighted by atomic mass is 9.89. The molecular formula is C16H14O3. The minimum absolute atomic E-state index is 0.316. The largest absolute Gasteiger partial charge is 0.493 e. The van der Waals surface area contributed by atoms with Gasteiger partial charge in [0.25, 0.3) is 0 Å². The quantitative estimate of drug-likeness (QED) is 0.782. The van der Waals surface area contributed by atoms with Gasteiger partial charge >= 0.3 is 0 Å². The summed E-state index contributed by atoms with van der Waals surface area (Å²) in [4.78, 5) is 0. The van der Waals surface area contributed by atoms with Crippen LogP contribution in [-0.4, -0.2) is 13.4 Å². The summed E-state index contributed by atoms with van der Waals surface area (Å²) in [5.41, 5.74) is 2.44. The SMILES string of the molecule is c1ccc2c(c1)CC(c1cccc3c1OCO3)CO2. The first-order chi connectivity index (χ1) is 9.42. The van der Waals surface area contributed by atoms with Crippen LogP contribution in [0.3, 0.4) is 0 Å². The molecule has 2 heterocycles. The van der Waals surface area contributed by atoms with Crippen molar-refractivity contribution in [1.29, 1.82) is 0 Å². The Balaban J connectivity index is 1.70. The van der Waals surface area contributed by atoms with Crippen LogP contribution in [0.1, 0.15) is 17.0 Å². The predicted molar refractivity (Wildman–Crippen MR) is 70.9 cm³/mol. The first-order valence-electron chi connectivity index (χ1n) is 6.51. The number of ether oxygens (including phenoxy) is 3. The van der Waals surface area contributed by atoms with Crippen molar-refractivity contribution in [3.63, 3.8) is 0 Å². The van der Waals surface area contributed by atoms with Crippen LogP contribution in [0.5, 0.6) is 17.2 Å². The highest BCUT2D eigenvalue weighted by Crippen LogP contribution is 2.42. The lowest BCUT2D eigenvalue weighted by Crippen LogP contribution is -2.19. The Morgan fingerprint density at radius 3 is 2.74 bits per heavy atom. The molecule has 2 aliphatic heterocycles. The number of rotatable bonds is 1. The molecule has 0 aromatic heterocycles. The maximum absolute atomic E-state index is 5.85. The Morgan fingerprint density at radius 1 is 0.842 bits per heavy atom. The summed E-state index contributed by atoms with van der Waals surface area (Å²) in [6.07, 6.45) is 0.982. The Labute approximate surface area is 111 Å². The molecule has 2 aliphatic rings. The highest BCUT2D eigenvalue weighted by atomic mass is 16.7. The molecule has 19 heavy (non-hydrogen) atoms. The van der Waals surface area contributed by atoms with E-state index in [0.717, 1.165) is 23.7 Å². The Kier molecular flexibility index (Phi) is 2.37. The van der Waals surface area contributed by atoms with Crippen LogP contribution in [0.4, 0.5) is 0 Å². The van der Waals surface area contributed by atoms with E-state index in [2.05, 4.69) is 18.2 Å². The lowest BCUT2D eigenvalue weighted by Gasteiger charge is -2.26. The zero-order chi connectivity index (χ0) is 12.7. The first kappa shape index (κ1) is 10.7. The van der Waals surface area contributed by atoms with Crippen molar-refractivity contribution in [2.24, 2.45) is 0 Å². The summed E-state index contributed by atoms with van der Waals surface area (Å²) in [7, 11) is 0. The van der Waals surface area contributed by atoms with E-state index in [4.69, 9.17) is 14.2 Å². The molecule has 4 rings (SSSR count). The summed E-state index contributed by atoms with van der Waals surface area (Å²) in [6.45, 7) is 1.01. The number of fused-ring (bicyclic) bond motifs is 2. The molecule has 0 fully saturated rings. The third-order valence-electron chi connectivity index (χ3n) is 3.75. The van der Waals surface area contributed by atoms with Gasteiger partial charge in [-0.15, -0.1) is 0 Å². The average molecular weight is 254 g/mol. The molecule has 0 spiro atoms. The highest BCUT2D eigenvalue weighted by molar-refractivity contribution is 5.51. The van der Waals surface area contributed by atoms with Gasteiger partial charge in [0.1, 0.15) is 5.75 Å². The Hall–Kier alpha value is -2.16. The molecule has 0 N–H and O–H groups in total. The van der Waals surface area contributed by atoms with Crippen molar-refractivity contribution in [2.45, 2.75) is 12.3 Å². The van der Waals surface area contributed by atoms with Crippen molar-refractivity contribution in [3.05, 3.63) is 53.6 Å². The van der Waals surface area contributed by atoms with Gasteiger partial charge in [-0.1, -0.05) is 30.3 Å². The van der Waals surface area contributed by atoms with Gasteiger partial charge in [-0.05, 0) is 24.1 Å². The zero-order valence-corrected chi connectivity index (χ0v) is 10.5. The molecule has 1 unspecified atom stereocenters. The van der Waals surface area contributed by atoms with Crippen molar-refractivity contribution in [2.75, 3.05) is 13.4 Å². The first-order valence-corrected chi connectivity index (χ1v) is 6.51. The molecule has 3 heteroatoms. The second-order valence-corrected chi connectivity index (χ2v) is 4.90. The van der Waals surface area contributed by atoms with E-state index >= 15 is 0 Å². The normalized spacial score (nSPS) is 19.7. The van der Waals surface area contributed by atoms with Crippen LogP contribution in [0.25, 0.3) is 0 Å². The van der Waals surface area contributed by atoms with E-state index in [9.17, 15) is 0 Å². The molecule has 0 bridgehead atoms. The molecule has 1 atom stereocenters. The summed E-state index contributed by atoms with van der Waals surface area (Å²) in [5.74, 6) is 3.06. The summed E-state index contributed by atoms with van der Waals surface area (Å²) >= 11 is 0. The van der Waals surface area contributed by atoms with Gasteiger partial charge in [-0.25, -0.2) is 0 Å². The van der Waals surface area contributed by atoms with Gasteiger partial charge in [-0.3, -0.25) is 0 Å².